The number of para-hydroxylation sites is 1. The smallest absolute Gasteiger partial charge is 0.138 e. The molecule has 130 valence electrons. The van der Waals surface area contributed by atoms with E-state index in [-0.39, 0.29) is 12.0 Å². The lowest BCUT2D eigenvalue weighted by Gasteiger charge is -2.16. The van der Waals surface area contributed by atoms with Crippen molar-refractivity contribution in [3.63, 3.8) is 0 Å². The zero-order valence-corrected chi connectivity index (χ0v) is 14.6. The third kappa shape index (κ3) is 3.17. The molecule has 1 N–H and O–H groups in total. The first-order valence-corrected chi connectivity index (χ1v) is 8.76. The summed E-state index contributed by atoms with van der Waals surface area (Å²) in [7, 11) is 0. The van der Waals surface area contributed by atoms with E-state index in [1.807, 2.05) is 38.2 Å². The molecule has 0 radical (unpaired) electrons. The van der Waals surface area contributed by atoms with Gasteiger partial charge in [0, 0.05) is 42.7 Å². The third-order valence-corrected chi connectivity index (χ3v) is 5.27. The standard InChI is InChI=1S/C20H23N3O2/c1-13-18(14(2)25-22-13)11-23-10-16(20(24)12-23)9-15-7-8-21-19-6-4-3-5-17(15)19/h3-8,16,20,24H,9-12H2,1-2H3/t16-,20+/m1/s1. The first kappa shape index (κ1) is 16.2. The molecule has 1 saturated heterocycles. The molecule has 1 aliphatic heterocycles. The maximum atomic E-state index is 10.6. The van der Waals surface area contributed by atoms with Gasteiger partial charge in [0.2, 0.25) is 0 Å². The molecule has 0 saturated carbocycles. The van der Waals surface area contributed by atoms with E-state index in [2.05, 4.69) is 27.2 Å². The molecular weight excluding hydrogens is 314 g/mol. The number of aliphatic hydroxyl groups excluding tert-OH is 1. The number of benzene rings is 1. The molecule has 3 aromatic rings. The zero-order chi connectivity index (χ0) is 17.4. The summed E-state index contributed by atoms with van der Waals surface area (Å²) < 4.78 is 5.26. The molecule has 3 heterocycles. The molecule has 1 aliphatic rings. The minimum absolute atomic E-state index is 0.228. The number of aromatic nitrogens is 2. The molecule has 4 rings (SSSR count). The summed E-state index contributed by atoms with van der Waals surface area (Å²) in [6.45, 7) is 6.27. The van der Waals surface area contributed by atoms with Gasteiger partial charge >= 0.3 is 0 Å². The van der Waals surface area contributed by atoms with Crippen molar-refractivity contribution in [2.24, 2.45) is 5.92 Å². The number of aryl methyl sites for hydroxylation is 2. The summed E-state index contributed by atoms with van der Waals surface area (Å²) >= 11 is 0. The SMILES string of the molecule is Cc1noc(C)c1CN1C[C@@H](Cc2ccnc3ccccc23)[C@@H](O)C1. The largest absolute Gasteiger partial charge is 0.391 e. The molecule has 0 unspecified atom stereocenters. The van der Waals surface area contributed by atoms with Gasteiger partial charge in [-0.1, -0.05) is 23.4 Å². The fraction of sp³-hybridized carbons (Fsp3) is 0.400. The first-order chi connectivity index (χ1) is 12.1. The minimum atomic E-state index is -0.313. The molecule has 0 spiro atoms. The van der Waals surface area contributed by atoms with Crippen molar-refractivity contribution < 1.29 is 9.63 Å². The van der Waals surface area contributed by atoms with Crippen molar-refractivity contribution in [1.29, 1.82) is 0 Å². The molecule has 0 bridgehead atoms. The van der Waals surface area contributed by atoms with Crippen LogP contribution >= 0.6 is 0 Å². The fourth-order valence-corrected chi connectivity index (χ4v) is 3.84. The first-order valence-electron chi connectivity index (χ1n) is 8.76. The van der Waals surface area contributed by atoms with Gasteiger partial charge in [-0.25, -0.2) is 0 Å². The van der Waals surface area contributed by atoms with Gasteiger partial charge in [0.25, 0.3) is 0 Å². The van der Waals surface area contributed by atoms with Crippen LogP contribution in [0, 0.1) is 19.8 Å². The number of β-amino-alcohol motifs (C(OH)–C–C–N with tert-alkyl or cyclic N) is 1. The maximum Gasteiger partial charge on any atom is 0.138 e. The second-order valence-corrected chi connectivity index (χ2v) is 7.02. The highest BCUT2D eigenvalue weighted by atomic mass is 16.5. The van der Waals surface area contributed by atoms with Crippen LogP contribution in [-0.2, 0) is 13.0 Å². The Morgan fingerprint density at radius 3 is 2.84 bits per heavy atom. The zero-order valence-electron chi connectivity index (χ0n) is 14.6. The Labute approximate surface area is 147 Å². The highest BCUT2D eigenvalue weighted by Crippen LogP contribution is 2.27. The number of pyridine rings is 1. The van der Waals surface area contributed by atoms with Crippen LogP contribution in [0.4, 0.5) is 0 Å². The van der Waals surface area contributed by atoms with Gasteiger partial charge < -0.3 is 9.63 Å². The normalized spacial score (nSPS) is 21.2. The van der Waals surface area contributed by atoms with Crippen molar-refractivity contribution in [1.82, 2.24) is 15.0 Å². The lowest BCUT2D eigenvalue weighted by molar-refractivity contribution is 0.141. The summed E-state index contributed by atoms with van der Waals surface area (Å²) in [6, 6.07) is 10.3. The number of hydrogen-bond donors (Lipinski definition) is 1. The number of likely N-dealkylation sites (tertiary alicyclic amines) is 1. The number of rotatable bonds is 4. The van der Waals surface area contributed by atoms with Crippen molar-refractivity contribution in [3.05, 3.63) is 59.1 Å². The number of hydrogen-bond acceptors (Lipinski definition) is 5. The minimum Gasteiger partial charge on any atom is -0.391 e. The van der Waals surface area contributed by atoms with Crippen LogP contribution in [0.25, 0.3) is 10.9 Å². The van der Waals surface area contributed by atoms with Crippen molar-refractivity contribution >= 4 is 10.9 Å². The predicted octanol–water partition coefficient (Wildman–Crippen LogP) is 2.88. The lowest BCUT2D eigenvalue weighted by atomic mass is 9.94. The topological polar surface area (TPSA) is 62.4 Å². The highest BCUT2D eigenvalue weighted by Gasteiger charge is 2.32. The van der Waals surface area contributed by atoms with Crippen molar-refractivity contribution in [3.8, 4) is 0 Å². The van der Waals surface area contributed by atoms with Crippen LogP contribution in [0.2, 0.25) is 0 Å². The molecule has 2 atom stereocenters. The van der Waals surface area contributed by atoms with Gasteiger partial charge in [0.1, 0.15) is 5.76 Å². The number of aliphatic hydroxyl groups is 1. The van der Waals surface area contributed by atoms with Gasteiger partial charge in [0.15, 0.2) is 0 Å². The Morgan fingerprint density at radius 2 is 2.04 bits per heavy atom. The van der Waals surface area contributed by atoms with E-state index in [0.717, 1.165) is 42.0 Å². The molecule has 0 amide bonds. The third-order valence-electron chi connectivity index (χ3n) is 5.27. The van der Waals surface area contributed by atoms with Crippen LogP contribution < -0.4 is 0 Å². The highest BCUT2D eigenvalue weighted by molar-refractivity contribution is 5.81. The van der Waals surface area contributed by atoms with E-state index < -0.39 is 0 Å². The second kappa shape index (κ2) is 6.58. The molecule has 1 fully saturated rings. The Kier molecular flexibility index (Phi) is 4.27. The molecule has 0 aliphatic carbocycles. The maximum absolute atomic E-state index is 10.6. The van der Waals surface area contributed by atoms with Crippen LogP contribution in [0.3, 0.4) is 0 Å². The molecular formula is C20H23N3O2. The van der Waals surface area contributed by atoms with Crippen LogP contribution in [-0.4, -0.2) is 39.3 Å². The molecule has 25 heavy (non-hydrogen) atoms. The van der Waals surface area contributed by atoms with E-state index in [1.165, 1.54) is 10.9 Å². The fourth-order valence-electron chi connectivity index (χ4n) is 3.84. The summed E-state index contributed by atoms with van der Waals surface area (Å²) in [4.78, 5) is 6.73. The average Bonchev–Trinajstić information content (AvgIpc) is 3.12. The van der Waals surface area contributed by atoms with Crippen molar-refractivity contribution in [2.45, 2.75) is 32.9 Å². The van der Waals surface area contributed by atoms with E-state index in [9.17, 15) is 5.11 Å². The van der Waals surface area contributed by atoms with E-state index in [1.54, 1.807) is 0 Å². The van der Waals surface area contributed by atoms with E-state index in [4.69, 9.17) is 4.52 Å². The summed E-state index contributed by atoms with van der Waals surface area (Å²) in [5.74, 6) is 1.10. The van der Waals surface area contributed by atoms with Gasteiger partial charge in [-0.15, -0.1) is 0 Å². The Hall–Kier alpha value is -2.24. The van der Waals surface area contributed by atoms with Gasteiger partial charge in [-0.2, -0.15) is 0 Å². The quantitative estimate of drug-likeness (QED) is 0.793. The number of fused-ring (bicyclic) bond motifs is 1. The predicted molar refractivity (Wildman–Crippen MR) is 96.2 cm³/mol. The van der Waals surface area contributed by atoms with Crippen molar-refractivity contribution in [2.75, 3.05) is 13.1 Å². The second-order valence-electron chi connectivity index (χ2n) is 7.02. The van der Waals surface area contributed by atoms with Gasteiger partial charge in [0.05, 0.1) is 17.3 Å². The molecule has 5 heteroatoms. The van der Waals surface area contributed by atoms with E-state index in [0.29, 0.717) is 6.54 Å². The lowest BCUT2D eigenvalue weighted by Crippen LogP contribution is -2.22. The van der Waals surface area contributed by atoms with Gasteiger partial charge in [-0.3, -0.25) is 9.88 Å². The van der Waals surface area contributed by atoms with E-state index >= 15 is 0 Å². The molecule has 2 aromatic heterocycles. The molecule has 1 aromatic carbocycles. The summed E-state index contributed by atoms with van der Waals surface area (Å²) in [5, 5.41) is 15.8. The number of nitrogens with zero attached hydrogens (tertiary/aromatic N) is 3. The van der Waals surface area contributed by atoms with Crippen LogP contribution in [0.5, 0.6) is 0 Å². The van der Waals surface area contributed by atoms with Gasteiger partial charge in [-0.05, 0) is 38.0 Å². The monoisotopic (exact) mass is 337 g/mol. The Bertz CT molecular complexity index is 865. The van der Waals surface area contributed by atoms with Crippen LogP contribution in [0.1, 0.15) is 22.6 Å². The Balaban J connectivity index is 1.50. The van der Waals surface area contributed by atoms with Crippen LogP contribution in [0.15, 0.2) is 41.1 Å². The summed E-state index contributed by atoms with van der Waals surface area (Å²) in [6.07, 6.45) is 2.41. The Morgan fingerprint density at radius 1 is 1.20 bits per heavy atom. The average molecular weight is 337 g/mol. The summed E-state index contributed by atoms with van der Waals surface area (Å²) in [5.41, 5.74) is 4.35. The molecule has 5 nitrogen and oxygen atoms in total.